The van der Waals surface area contributed by atoms with Crippen LogP contribution in [0.4, 0.5) is 0 Å². The first-order valence-corrected chi connectivity index (χ1v) is 5.59. The predicted molar refractivity (Wildman–Crippen MR) is 65.9 cm³/mol. The topological polar surface area (TPSA) is 80.3 Å². The van der Waals surface area contributed by atoms with Gasteiger partial charge < -0.3 is 19.8 Å². The van der Waals surface area contributed by atoms with Crippen molar-refractivity contribution in [3.05, 3.63) is 71.8 Å². The van der Waals surface area contributed by atoms with E-state index in [2.05, 4.69) is 0 Å². The molecule has 0 N–H and O–H groups in total. The number of carbonyl (C=O) groups is 2. The highest BCUT2D eigenvalue weighted by Gasteiger charge is 1.88. The molecule has 0 unspecified atom stereocenters. The van der Waals surface area contributed by atoms with E-state index in [1.165, 1.54) is 12.1 Å². The summed E-state index contributed by atoms with van der Waals surface area (Å²) in [5, 5.41) is 20.1. The van der Waals surface area contributed by atoms with Crippen LogP contribution >= 0.6 is 0 Å². The highest BCUT2D eigenvalue weighted by Crippen LogP contribution is 1.97. The molecule has 0 radical (unpaired) electrons. The quantitative estimate of drug-likeness (QED) is 0.776. The Kier molecular flexibility index (Phi) is 5.82. The second-order valence-corrected chi connectivity index (χ2v) is 3.69. The zero-order valence-corrected chi connectivity index (χ0v) is 10.1. The number of aliphatic carboxylic acids is 1. The van der Waals surface area contributed by atoms with Crippen molar-refractivity contribution in [1.82, 2.24) is 0 Å². The van der Waals surface area contributed by atoms with E-state index < -0.39 is 11.9 Å². The molecule has 0 heterocycles. The minimum atomic E-state index is -1.13. The molecule has 0 bridgehead atoms. The Bertz CT molecular complexity index is 520. The maximum atomic E-state index is 10.1. The molecule has 19 heavy (non-hydrogen) atoms. The van der Waals surface area contributed by atoms with E-state index >= 15 is 0 Å². The fourth-order valence-corrected chi connectivity index (χ4v) is 1.34. The van der Waals surface area contributed by atoms with Gasteiger partial charge in [0.15, 0.2) is 0 Å². The third-order valence-corrected chi connectivity index (χ3v) is 2.20. The van der Waals surface area contributed by atoms with Crippen molar-refractivity contribution >= 4 is 11.9 Å². The molecule has 2 aromatic rings. The summed E-state index contributed by atoms with van der Waals surface area (Å²) < 4.78 is 0. The molecule has 0 aromatic heterocycles. The van der Waals surface area contributed by atoms with E-state index in [4.69, 9.17) is 0 Å². The predicted octanol–water partition coefficient (Wildman–Crippen LogP) is 0.0291. The molecule has 0 fully saturated rings. The smallest absolute Gasteiger partial charge is 0.0715 e. The monoisotopic (exact) mass is 256 g/mol. The van der Waals surface area contributed by atoms with E-state index in [1.807, 2.05) is 6.07 Å². The first-order chi connectivity index (χ1) is 9.09. The fraction of sp³-hybridized carbons (Fsp3) is 0.0667. The van der Waals surface area contributed by atoms with Crippen LogP contribution < -0.4 is 10.2 Å². The lowest BCUT2D eigenvalue weighted by molar-refractivity contribution is -0.304. The van der Waals surface area contributed by atoms with Crippen LogP contribution in [0.25, 0.3) is 0 Å². The van der Waals surface area contributed by atoms with Gasteiger partial charge in [-0.1, -0.05) is 60.7 Å². The number of aromatic carboxylic acids is 1. The van der Waals surface area contributed by atoms with E-state index in [0.717, 1.165) is 5.56 Å². The second kappa shape index (κ2) is 7.66. The summed E-state index contributed by atoms with van der Waals surface area (Å²) in [6.07, 6.45) is 0.000833. The van der Waals surface area contributed by atoms with Gasteiger partial charge in [0.2, 0.25) is 0 Å². The van der Waals surface area contributed by atoms with Crippen LogP contribution in [0.15, 0.2) is 60.7 Å². The highest BCUT2D eigenvalue weighted by molar-refractivity contribution is 5.85. The maximum absolute atomic E-state index is 10.1. The molecule has 0 spiro atoms. The summed E-state index contributed by atoms with van der Waals surface area (Å²) in [5.41, 5.74) is 1.00. The van der Waals surface area contributed by atoms with Crippen LogP contribution in [-0.4, -0.2) is 11.9 Å². The third-order valence-electron chi connectivity index (χ3n) is 2.20. The first kappa shape index (κ1) is 14.4. The zero-order chi connectivity index (χ0) is 14.1. The van der Waals surface area contributed by atoms with Gasteiger partial charge in [-0.25, -0.2) is 0 Å². The van der Waals surface area contributed by atoms with Gasteiger partial charge in [-0.3, -0.25) is 0 Å². The minimum absolute atomic E-state index is 0.000833. The molecule has 0 saturated carbocycles. The number of benzene rings is 2. The number of carboxylic acids is 2. The average molecular weight is 256 g/mol. The number of hydrogen-bond acceptors (Lipinski definition) is 4. The summed E-state index contributed by atoms with van der Waals surface area (Å²) in [4.78, 5) is 20.1. The molecule has 4 heteroatoms. The minimum Gasteiger partial charge on any atom is -0.550 e. The summed E-state index contributed by atoms with van der Waals surface area (Å²) in [6.45, 7) is 0. The largest absolute Gasteiger partial charge is 0.550 e. The van der Waals surface area contributed by atoms with Crippen molar-refractivity contribution in [3.63, 3.8) is 0 Å². The van der Waals surface area contributed by atoms with Gasteiger partial charge in [0, 0.05) is 12.4 Å². The van der Waals surface area contributed by atoms with Crippen molar-refractivity contribution in [3.8, 4) is 0 Å². The number of carboxylic acid groups (broad SMARTS) is 2. The lowest BCUT2D eigenvalue weighted by Gasteiger charge is -1.99. The normalized spacial score (nSPS) is 9.05. The lowest BCUT2D eigenvalue weighted by Crippen LogP contribution is -2.24. The van der Waals surface area contributed by atoms with Gasteiger partial charge in [0.05, 0.1) is 5.97 Å². The van der Waals surface area contributed by atoms with Gasteiger partial charge in [-0.05, 0) is 11.1 Å². The van der Waals surface area contributed by atoms with E-state index in [1.54, 1.807) is 42.5 Å². The summed E-state index contributed by atoms with van der Waals surface area (Å²) in [7, 11) is 0. The molecule has 0 aliphatic heterocycles. The SMILES string of the molecule is O=C([O-])Cc1ccccc1.O=C([O-])c1ccccc1. The Labute approximate surface area is 111 Å². The van der Waals surface area contributed by atoms with Crippen LogP contribution in [0.5, 0.6) is 0 Å². The molecule has 2 aromatic carbocycles. The standard InChI is InChI=1S/C8H8O2.C7H6O2/c9-8(10)6-7-4-2-1-3-5-7;8-7(9)6-4-2-1-3-5-6/h1-5H,6H2,(H,9,10);1-5H,(H,8,9)/p-2. The van der Waals surface area contributed by atoms with Gasteiger partial charge in [-0.15, -0.1) is 0 Å². The Morgan fingerprint density at radius 3 is 1.63 bits per heavy atom. The number of carbonyl (C=O) groups excluding carboxylic acids is 2. The molecule has 0 aliphatic carbocycles. The van der Waals surface area contributed by atoms with Crippen molar-refractivity contribution in [2.75, 3.05) is 0 Å². The molecule has 0 atom stereocenters. The van der Waals surface area contributed by atoms with Crippen LogP contribution in [0.3, 0.4) is 0 Å². The third kappa shape index (κ3) is 6.02. The number of hydrogen-bond donors (Lipinski definition) is 0. The van der Waals surface area contributed by atoms with Crippen molar-refractivity contribution < 1.29 is 19.8 Å². The summed E-state index contributed by atoms with van der Waals surface area (Å²) in [5.74, 6) is -2.16. The fourth-order valence-electron chi connectivity index (χ4n) is 1.34. The first-order valence-electron chi connectivity index (χ1n) is 5.59. The van der Waals surface area contributed by atoms with Gasteiger partial charge >= 0.3 is 0 Å². The Hall–Kier alpha value is -2.62. The van der Waals surface area contributed by atoms with Crippen molar-refractivity contribution in [2.45, 2.75) is 6.42 Å². The Morgan fingerprint density at radius 1 is 0.789 bits per heavy atom. The van der Waals surface area contributed by atoms with E-state index in [-0.39, 0.29) is 12.0 Å². The molecule has 0 aliphatic rings. The molecule has 4 nitrogen and oxygen atoms in total. The van der Waals surface area contributed by atoms with Crippen LogP contribution in [0.1, 0.15) is 15.9 Å². The highest BCUT2D eigenvalue weighted by atomic mass is 16.4. The Morgan fingerprint density at radius 2 is 1.26 bits per heavy atom. The molecule has 2 rings (SSSR count). The van der Waals surface area contributed by atoms with Crippen molar-refractivity contribution in [1.29, 1.82) is 0 Å². The molecule has 98 valence electrons. The van der Waals surface area contributed by atoms with Gasteiger partial charge in [-0.2, -0.15) is 0 Å². The summed E-state index contributed by atoms with van der Waals surface area (Å²) in [6, 6.07) is 17.0. The summed E-state index contributed by atoms with van der Waals surface area (Å²) >= 11 is 0. The Balaban J connectivity index is 0.000000191. The zero-order valence-electron chi connectivity index (χ0n) is 10.1. The van der Waals surface area contributed by atoms with Gasteiger partial charge in [0.25, 0.3) is 0 Å². The van der Waals surface area contributed by atoms with E-state index in [0.29, 0.717) is 0 Å². The molecular formula is C15H12O4-2. The number of rotatable bonds is 3. The van der Waals surface area contributed by atoms with Crippen LogP contribution in [0.2, 0.25) is 0 Å². The molecule has 0 amide bonds. The van der Waals surface area contributed by atoms with Crippen LogP contribution in [0, 0.1) is 0 Å². The average Bonchev–Trinajstić information content (AvgIpc) is 2.41. The lowest BCUT2D eigenvalue weighted by atomic mass is 10.2. The van der Waals surface area contributed by atoms with Crippen molar-refractivity contribution in [2.24, 2.45) is 0 Å². The van der Waals surface area contributed by atoms with E-state index in [9.17, 15) is 19.8 Å². The molecular weight excluding hydrogens is 244 g/mol. The maximum Gasteiger partial charge on any atom is 0.0715 e. The van der Waals surface area contributed by atoms with Gasteiger partial charge in [0.1, 0.15) is 0 Å². The molecule has 0 saturated heterocycles. The second-order valence-electron chi connectivity index (χ2n) is 3.69. The van der Waals surface area contributed by atoms with Crippen LogP contribution in [-0.2, 0) is 11.2 Å².